The van der Waals surface area contributed by atoms with E-state index in [1.807, 2.05) is 0 Å². The fourth-order valence-electron chi connectivity index (χ4n) is 1.48. The maximum Gasteiger partial charge on any atom is 0.270 e. The van der Waals surface area contributed by atoms with Crippen LogP contribution in [-0.2, 0) is 0 Å². The van der Waals surface area contributed by atoms with Crippen LogP contribution in [0.4, 0.5) is 5.69 Å². The number of fused-ring (bicyclic) bond motifs is 1. The summed E-state index contributed by atoms with van der Waals surface area (Å²) in [6, 6.07) is 5.07. The van der Waals surface area contributed by atoms with Gasteiger partial charge in [0.05, 0.1) is 4.92 Å². The zero-order valence-corrected chi connectivity index (χ0v) is 8.86. The lowest BCUT2D eigenvalue weighted by Gasteiger charge is -2.00. The number of nitrogens with two attached hydrogens (primary N) is 1. The number of amides is 1. The third kappa shape index (κ3) is 1.86. The first kappa shape index (κ1) is 11.6. The first-order valence-corrected chi connectivity index (χ1v) is 4.73. The Balaban J connectivity index is 2.80. The van der Waals surface area contributed by atoms with Gasteiger partial charge in [-0.2, -0.15) is 0 Å². The van der Waals surface area contributed by atoms with E-state index < -0.39 is 10.8 Å². The summed E-state index contributed by atoms with van der Waals surface area (Å²) in [7, 11) is 0. The van der Waals surface area contributed by atoms with E-state index in [1.54, 1.807) is 0 Å². The summed E-state index contributed by atoms with van der Waals surface area (Å²) in [4.78, 5) is 21.1. The minimum absolute atomic E-state index is 0.151. The molecule has 0 bridgehead atoms. The predicted molar refractivity (Wildman–Crippen MR) is 58.7 cm³/mol. The second kappa shape index (κ2) is 4.17. The van der Waals surface area contributed by atoms with Gasteiger partial charge in [-0.05, 0) is 17.3 Å². The molecule has 92 valence electrons. The van der Waals surface area contributed by atoms with E-state index in [-0.39, 0.29) is 22.4 Å². The molecule has 0 atom stereocenters. The summed E-state index contributed by atoms with van der Waals surface area (Å²) in [6.07, 6.45) is 0. The zero-order chi connectivity index (χ0) is 13.3. The minimum atomic E-state index is -0.861. The van der Waals surface area contributed by atoms with E-state index in [0.29, 0.717) is 5.39 Å². The van der Waals surface area contributed by atoms with Gasteiger partial charge in [0, 0.05) is 17.5 Å². The molecule has 3 N–H and O–H groups in total. The molecule has 0 aliphatic carbocycles. The normalized spacial score (nSPS) is 11.7. The number of carbonyl (C=O) groups excluding carboxylic acids is 1. The second-order valence-electron chi connectivity index (χ2n) is 3.41. The summed E-state index contributed by atoms with van der Waals surface area (Å²) < 4.78 is 5.10. The molecule has 0 unspecified atom stereocenters. The third-order valence-electron chi connectivity index (χ3n) is 2.30. The van der Waals surface area contributed by atoms with Gasteiger partial charge in [0.15, 0.2) is 0 Å². The number of primary amides is 1. The van der Waals surface area contributed by atoms with Crippen LogP contribution in [0.3, 0.4) is 0 Å². The first-order valence-electron chi connectivity index (χ1n) is 4.73. The fraction of sp³-hybridized carbons (Fsp3) is 0. The molecule has 0 fully saturated rings. The summed E-state index contributed by atoms with van der Waals surface area (Å²) in [6.45, 7) is 0. The van der Waals surface area contributed by atoms with Crippen molar-refractivity contribution >= 4 is 22.6 Å². The molecule has 18 heavy (non-hydrogen) atoms. The van der Waals surface area contributed by atoms with Crippen LogP contribution >= 0.6 is 0 Å². The van der Waals surface area contributed by atoms with Crippen LogP contribution in [0.1, 0.15) is 10.4 Å². The SMILES string of the molecule is NC(=O)c1cc2cc([N+](=O)[O-])ccc2o/c1=N/O. The van der Waals surface area contributed by atoms with Crippen molar-refractivity contribution in [3.05, 3.63) is 45.5 Å². The average Bonchev–Trinajstić information content (AvgIpc) is 2.36. The minimum Gasteiger partial charge on any atom is -0.435 e. The number of rotatable bonds is 2. The van der Waals surface area contributed by atoms with Crippen molar-refractivity contribution < 1.29 is 19.3 Å². The number of nitro benzene ring substituents is 1. The van der Waals surface area contributed by atoms with Gasteiger partial charge in [-0.3, -0.25) is 14.9 Å². The second-order valence-corrected chi connectivity index (χ2v) is 3.41. The molecular formula is C10H7N3O5. The largest absolute Gasteiger partial charge is 0.435 e. The lowest BCUT2D eigenvalue weighted by Crippen LogP contribution is -2.21. The molecule has 1 amide bonds. The Hall–Kier alpha value is -2.90. The van der Waals surface area contributed by atoms with Crippen LogP contribution in [0.15, 0.2) is 33.8 Å². The predicted octanol–water partition coefficient (Wildman–Crippen LogP) is 0.730. The maximum absolute atomic E-state index is 11.1. The Labute approximate surface area is 99.1 Å². The smallest absolute Gasteiger partial charge is 0.270 e. The number of carbonyl (C=O) groups is 1. The molecule has 2 rings (SSSR count). The number of hydrogen-bond donors (Lipinski definition) is 2. The molecule has 0 saturated carbocycles. The highest BCUT2D eigenvalue weighted by Crippen LogP contribution is 2.20. The molecule has 8 heteroatoms. The standard InChI is InChI=1S/C10H7N3O5/c11-9(14)7-4-5-3-6(13(16)17)1-2-8(5)18-10(7)12-15/h1-4,15H,(H2,11,14)/b12-10+. The van der Waals surface area contributed by atoms with E-state index in [0.717, 1.165) is 0 Å². The van der Waals surface area contributed by atoms with Gasteiger partial charge < -0.3 is 15.4 Å². The highest BCUT2D eigenvalue weighted by atomic mass is 16.6. The van der Waals surface area contributed by atoms with Crippen LogP contribution in [0.25, 0.3) is 11.0 Å². The number of nitro groups is 1. The molecular weight excluding hydrogens is 242 g/mol. The van der Waals surface area contributed by atoms with Gasteiger partial charge in [-0.25, -0.2) is 0 Å². The molecule has 1 aromatic carbocycles. The highest BCUT2D eigenvalue weighted by molar-refractivity contribution is 5.95. The van der Waals surface area contributed by atoms with Crippen LogP contribution in [-0.4, -0.2) is 16.0 Å². The number of benzene rings is 1. The lowest BCUT2D eigenvalue weighted by molar-refractivity contribution is -0.384. The Bertz CT molecular complexity index is 719. The van der Waals surface area contributed by atoms with Gasteiger partial charge in [0.25, 0.3) is 17.1 Å². The van der Waals surface area contributed by atoms with Crippen LogP contribution in [0, 0.1) is 10.1 Å². The Kier molecular flexibility index (Phi) is 2.68. The van der Waals surface area contributed by atoms with Gasteiger partial charge in [0.2, 0.25) is 0 Å². The maximum atomic E-state index is 11.1. The van der Waals surface area contributed by atoms with Gasteiger partial charge >= 0.3 is 0 Å². The molecule has 0 radical (unpaired) electrons. The van der Waals surface area contributed by atoms with Crippen molar-refractivity contribution in [2.24, 2.45) is 10.9 Å². The van der Waals surface area contributed by atoms with Crippen molar-refractivity contribution in [3.63, 3.8) is 0 Å². The van der Waals surface area contributed by atoms with E-state index in [4.69, 9.17) is 15.4 Å². The van der Waals surface area contributed by atoms with Crippen LogP contribution in [0.5, 0.6) is 0 Å². The summed E-state index contributed by atoms with van der Waals surface area (Å²) in [5.41, 5.74) is 4.65. The molecule has 2 aromatic rings. The number of hydrogen-bond acceptors (Lipinski definition) is 6. The molecule has 1 heterocycles. The number of nitrogens with zero attached hydrogens (tertiary/aromatic N) is 2. The monoisotopic (exact) mass is 249 g/mol. The van der Waals surface area contributed by atoms with Crippen molar-refractivity contribution in [1.29, 1.82) is 0 Å². The van der Waals surface area contributed by atoms with E-state index in [2.05, 4.69) is 5.16 Å². The van der Waals surface area contributed by atoms with Gasteiger partial charge in [-0.15, -0.1) is 0 Å². The molecule has 1 aromatic heterocycles. The van der Waals surface area contributed by atoms with Crippen molar-refractivity contribution in [1.82, 2.24) is 0 Å². The third-order valence-corrected chi connectivity index (χ3v) is 2.30. The van der Waals surface area contributed by atoms with E-state index in [1.165, 1.54) is 24.3 Å². The quantitative estimate of drug-likeness (QED) is 0.460. The molecule has 8 nitrogen and oxygen atoms in total. The van der Waals surface area contributed by atoms with Gasteiger partial charge in [0.1, 0.15) is 11.1 Å². The summed E-state index contributed by atoms with van der Waals surface area (Å²) >= 11 is 0. The molecule has 0 spiro atoms. The Morgan fingerprint density at radius 2 is 2.17 bits per heavy atom. The average molecular weight is 249 g/mol. The summed E-state index contributed by atoms with van der Waals surface area (Å²) in [5, 5.41) is 22.4. The van der Waals surface area contributed by atoms with E-state index >= 15 is 0 Å². The molecule has 0 saturated heterocycles. The van der Waals surface area contributed by atoms with Gasteiger partial charge in [-0.1, -0.05) is 0 Å². The van der Waals surface area contributed by atoms with Crippen LogP contribution in [0.2, 0.25) is 0 Å². The lowest BCUT2D eigenvalue weighted by atomic mass is 10.1. The zero-order valence-electron chi connectivity index (χ0n) is 8.86. The molecule has 0 aliphatic heterocycles. The van der Waals surface area contributed by atoms with Crippen molar-refractivity contribution in [3.8, 4) is 0 Å². The first-order chi connectivity index (χ1) is 8.52. The topological polar surface area (TPSA) is 132 Å². The fourth-order valence-corrected chi connectivity index (χ4v) is 1.48. The Morgan fingerprint density at radius 1 is 1.44 bits per heavy atom. The van der Waals surface area contributed by atoms with E-state index in [9.17, 15) is 14.9 Å². The van der Waals surface area contributed by atoms with Crippen molar-refractivity contribution in [2.45, 2.75) is 0 Å². The summed E-state index contributed by atoms with van der Waals surface area (Å²) in [5.74, 6) is -0.861. The van der Waals surface area contributed by atoms with Crippen molar-refractivity contribution in [2.75, 3.05) is 0 Å². The Morgan fingerprint density at radius 3 is 2.72 bits per heavy atom. The molecule has 0 aliphatic rings. The highest BCUT2D eigenvalue weighted by Gasteiger charge is 2.12. The van der Waals surface area contributed by atoms with Crippen LogP contribution < -0.4 is 11.3 Å². The number of non-ortho nitro benzene ring substituents is 1.